The highest BCUT2D eigenvalue weighted by Gasteiger charge is 2.23. The van der Waals surface area contributed by atoms with Crippen LogP contribution in [0.25, 0.3) is 0 Å². The molecule has 0 radical (unpaired) electrons. The van der Waals surface area contributed by atoms with E-state index in [0.717, 1.165) is 5.56 Å². The Labute approximate surface area is 92.5 Å². The van der Waals surface area contributed by atoms with Crippen LogP contribution in [-0.4, -0.2) is 12.4 Å². The smallest absolute Gasteiger partial charge is 0.181 e. The first-order valence-electron chi connectivity index (χ1n) is 4.55. The summed E-state index contributed by atoms with van der Waals surface area (Å²) in [6.07, 6.45) is 1.62. The molecule has 1 heterocycles. The average Bonchev–Trinajstić information content (AvgIpc) is 2.23. The van der Waals surface area contributed by atoms with Crippen LogP contribution in [-0.2, 0) is 9.53 Å². The summed E-state index contributed by atoms with van der Waals surface area (Å²) in [6, 6.07) is 7.15. The standard InChI is InChI=1S/C11H10ClNO2/c12-8-3-1-7(2-4-8)9-5-11(13)15-6-10(9)14/h1-5,9H,6,13H2. The van der Waals surface area contributed by atoms with Crippen LogP contribution in [0, 0.1) is 0 Å². The molecule has 0 spiro atoms. The Balaban J connectivity index is 2.33. The molecule has 0 bridgehead atoms. The molecule has 0 fully saturated rings. The summed E-state index contributed by atoms with van der Waals surface area (Å²) < 4.78 is 4.93. The van der Waals surface area contributed by atoms with Crippen molar-refractivity contribution in [2.45, 2.75) is 5.92 Å². The number of Topliss-reactive ketones (excluding diaryl/α,β-unsaturated/α-hetero) is 1. The molecule has 0 saturated heterocycles. The first-order chi connectivity index (χ1) is 7.16. The third-order valence-corrected chi connectivity index (χ3v) is 2.54. The number of carbonyl (C=O) groups is 1. The van der Waals surface area contributed by atoms with E-state index in [4.69, 9.17) is 22.1 Å². The zero-order chi connectivity index (χ0) is 10.8. The molecule has 0 saturated carbocycles. The summed E-state index contributed by atoms with van der Waals surface area (Å²) in [5.41, 5.74) is 6.40. The summed E-state index contributed by atoms with van der Waals surface area (Å²) in [5.74, 6) is -0.00270. The van der Waals surface area contributed by atoms with Crippen LogP contribution in [0.4, 0.5) is 0 Å². The van der Waals surface area contributed by atoms with Gasteiger partial charge in [-0.25, -0.2) is 0 Å². The van der Waals surface area contributed by atoms with Crippen molar-refractivity contribution in [3.63, 3.8) is 0 Å². The predicted molar refractivity (Wildman–Crippen MR) is 57.4 cm³/mol. The SMILES string of the molecule is NC1=CC(c2ccc(Cl)cc2)C(=O)CO1. The number of nitrogens with two attached hydrogens (primary N) is 1. The van der Waals surface area contributed by atoms with E-state index in [-0.39, 0.29) is 18.3 Å². The van der Waals surface area contributed by atoms with Gasteiger partial charge in [0.05, 0.1) is 5.92 Å². The van der Waals surface area contributed by atoms with E-state index in [1.807, 2.05) is 12.1 Å². The molecule has 2 rings (SSSR count). The van der Waals surface area contributed by atoms with Crippen molar-refractivity contribution in [3.8, 4) is 0 Å². The van der Waals surface area contributed by atoms with Gasteiger partial charge in [-0.1, -0.05) is 23.7 Å². The van der Waals surface area contributed by atoms with Gasteiger partial charge in [-0.2, -0.15) is 0 Å². The van der Waals surface area contributed by atoms with Crippen molar-refractivity contribution in [2.75, 3.05) is 6.61 Å². The molecule has 2 N–H and O–H groups in total. The molecule has 3 nitrogen and oxygen atoms in total. The molecular weight excluding hydrogens is 214 g/mol. The number of hydrogen-bond acceptors (Lipinski definition) is 3. The lowest BCUT2D eigenvalue weighted by atomic mass is 9.94. The van der Waals surface area contributed by atoms with Crippen molar-refractivity contribution in [1.82, 2.24) is 0 Å². The van der Waals surface area contributed by atoms with E-state index in [2.05, 4.69) is 0 Å². The highest BCUT2D eigenvalue weighted by atomic mass is 35.5. The van der Waals surface area contributed by atoms with Crippen LogP contribution in [0.1, 0.15) is 11.5 Å². The highest BCUT2D eigenvalue weighted by molar-refractivity contribution is 6.30. The third-order valence-electron chi connectivity index (χ3n) is 2.29. The first-order valence-corrected chi connectivity index (χ1v) is 4.93. The van der Waals surface area contributed by atoms with E-state index in [9.17, 15) is 4.79 Å². The van der Waals surface area contributed by atoms with Gasteiger partial charge in [0.25, 0.3) is 0 Å². The second-order valence-corrected chi connectivity index (χ2v) is 3.79. The molecule has 4 heteroatoms. The largest absolute Gasteiger partial charge is 0.472 e. The van der Waals surface area contributed by atoms with Gasteiger partial charge in [-0.05, 0) is 23.8 Å². The monoisotopic (exact) mass is 223 g/mol. The Hall–Kier alpha value is -1.48. The molecule has 1 aliphatic rings. The molecule has 0 aliphatic carbocycles. The summed E-state index contributed by atoms with van der Waals surface area (Å²) in [4.78, 5) is 11.6. The van der Waals surface area contributed by atoms with Crippen LogP contribution in [0.15, 0.2) is 36.2 Å². The first kappa shape index (κ1) is 10.1. The van der Waals surface area contributed by atoms with E-state index in [0.29, 0.717) is 10.9 Å². The zero-order valence-corrected chi connectivity index (χ0v) is 8.70. The topological polar surface area (TPSA) is 52.3 Å². The van der Waals surface area contributed by atoms with Crippen molar-refractivity contribution in [1.29, 1.82) is 0 Å². The maximum atomic E-state index is 11.6. The fourth-order valence-electron chi connectivity index (χ4n) is 1.50. The molecule has 1 atom stereocenters. The molecule has 15 heavy (non-hydrogen) atoms. The number of hydrogen-bond donors (Lipinski definition) is 1. The van der Waals surface area contributed by atoms with E-state index < -0.39 is 0 Å². The van der Waals surface area contributed by atoms with E-state index >= 15 is 0 Å². The van der Waals surface area contributed by atoms with Crippen molar-refractivity contribution < 1.29 is 9.53 Å². The minimum absolute atomic E-state index is 0.00604. The fraction of sp³-hybridized carbons (Fsp3) is 0.182. The summed E-state index contributed by atoms with van der Waals surface area (Å²) in [7, 11) is 0. The van der Waals surface area contributed by atoms with Gasteiger partial charge in [-0.15, -0.1) is 0 Å². The molecule has 1 aromatic rings. The number of benzene rings is 1. The molecular formula is C11H10ClNO2. The maximum Gasteiger partial charge on any atom is 0.181 e. The lowest BCUT2D eigenvalue weighted by Gasteiger charge is -2.18. The molecule has 0 aromatic heterocycles. The van der Waals surface area contributed by atoms with Crippen molar-refractivity contribution >= 4 is 17.4 Å². The van der Waals surface area contributed by atoms with Gasteiger partial charge >= 0.3 is 0 Å². The third kappa shape index (κ3) is 2.13. The Kier molecular flexibility index (Phi) is 2.64. The van der Waals surface area contributed by atoms with Gasteiger partial charge in [0.1, 0.15) is 6.61 Å². The number of rotatable bonds is 1. The minimum atomic E-state index is -0.309. The van der Waals surface area contributed by atoms with Gasteiger partial charge in [0.2, 0.25) is 0 Å². The molecule has 0 amide bonds. The Morgan fingerprint density at radius 3 is 2.67 bits per heavy atom. The van der Waals surface area contributed by atoms with Crippen molar-refractivity contribution in [3.05, 3.63) is 46.8 Å². The number of ether oxygens (including phenoxy) is 1. The quantitative estimate of drug-likeness (QED) is 0.790. The zero-order valence-electron chi connectivity index (χ0n) is 7.94. The van der Waals surface area contributed by atoms with Crippen LogP contribution in [0.2, 0.25) is 5.02 Å². The Morgan fingerprint density at radius 2 is 2.00 bits per heavy atom. The number of allylic oxidation sites excluding steroid dienone is 1. The summed E-state index contributed by atoms with van der Waals surface area (Å²) >= 11 is 5.77. The predicted octanol–water partition coefficient (Wildman–Crippen LogP) is 1.82. The van der Waals surface area contributed by atoms with Gasteiger partial charge in [0, 0.05) is 5.02 Å². The maximum absolute atomic E-state index is 11.6. The van der Waals surface area contributed by atoms with Crippen molar-refractivity contribution in [2.24, 2.45) is 5.73 Å². The molecule has 1 aromatic carbocycles. The summed E-state index contributed by atoms with van der Waals surface area (Å²) in [6.45, 7) is 0.0373. The molecule has 1 unspecified atom stereocenters. The lowest BCUT2D eigenvalue weighted by Crippen LogP contribution is -2.24. The lowest BCUT2D eigenvalue weighted by molar-refractivity contribution is -0.124. The van der Waals surface area contributed by atoms with Crippen LogP contribution >= 0.6 is 11.6 Å². The van der Waals surface area contributed by atoms with Crippen LogP contribution in [0.5, 0.6) is 0 Å². The Morgan fingerprint density at radius 1 is 1.33 bits per heavy atom. The van der Waals surface area contributed by atoms with Gasteiger partial charge in [-0.3, -0.25) is 4.79 Å². The fourth-order valence-corrected chi connectivity index (χ4v) is 1.63. The second kappa shape index (κ2) is 3.95. The average molecular weight is 224 g/mol. The molecule has 1 aliphatic heterocycles. The minimum Gasteiger partial charge on any atom is -0.472 e. The van der Waals surface area contributed by atoms with E-state index in [1.165, 1.54) is 0 Å². The Bertz CT molecular complexity index is 411. The normalized spacial score (nSPS) is 20.7. The van der Waals surface area contributed by atoms with E-state index in [1.54, 1.807) is 18.2 Å². The second-order valence-electron chi connectivity index (χ2n) is 3.35. The van der Waals surface area contributed by atoms with Crippen LogP contribution < -0.4 is 5.73 Å². The number of ketones is 1. The van der Waals surface area contributed by atoms with Gasteiger partial charge < -0.3 is 10.5 Å². The molecule has 78 valence electrons. The van der Waals surface area contributed by atoms with Crippen LogP contribution in [0.3, 0.4) is 0 Å². The number of halogens is 1. The summed E-state index contributed by atoms with van der Waals surface area (Å²) in [5, 5.41) is 0.648. The van der Waals surface area contributed by atoms with Gasteiger partial charge in [0.15, 0.2) is 11.7 Å². The number of carbonyl (C=O) groups excluding carboxylic acids is 1. The highest BCUT2D eigenvalue weighted by Crippen LogP contribution is 2.24.